The summed E-state index contributed by atoms with van der Waals surface area (Å²) >= 11 is 5.54. The van der Waals surface area contributed by atoms with E-state index in [0.29, 0.717) is 0 Å². The van der Waals surface area contributed by atoms with Crippen LogP contribution in [0, 0.1) is 10.1 Å². The van der Waals surface area contributed by atoms with Gasteiger partial charge in [0.05, 0.1) is 4.92 Å². The summed E-state index contributed by atoms with van der Waals surface area (Å²) in [6.07, 6.45) is 0. The zero-order valence-electron chi connectivity index (χ0n) is 12.6. The topological polar surface area (TPSA) is 49.6 Å². The van der Waals surface area contributed by atoms with E-state index in [4.69, 9.17) is 12.2 Å². The second kappa shape index (κ2) is 6.75. The fourth-order valence-corrected chi connectivity index (χ4v) is 3.03. The van der Waals surface area contributed by atoms with Crippen LogP contribution in [0.5, 0.6) is 0 Å². The molecule has 0 unspecified atom stereocenters. The van der Waals surface area contributed by atoms with Crippen molar-refractivity contribution in [1.29, 1.82) is 0 Å². The Bertz CT molecular complexity index is 696. The van der Waals surface area contributed by atoms with Gasteiger partial charge in [-0.2, -0.15) is 0 Å². The lowest BCUT2D eigenvalue weighted by Gasteiger charge is -2.37. The first-order chi connectivity index (χ1) is 11.1. The van der Waals surface area contributed by atoms with Crippen LogP contribution in [0.1, 0.15) is 5.56 Å². The van der Waals surface area contributed by atoms with Crippen molar-refractivity contribution in [3.8, 4) is 0 Å². The van der Waals surface area contributed by atoms with Gasteiger partial charge in [-0.1, -0.05) is 30.4 Å². The molecule has 118 valence electrons. The lowest BCUT2D eigenvalue weighted by molar-refractivity contribution is -0.384. The van der Waals surface area contributed by atoms with Gasteiger partial charge in [0, 0.05) is 49.6 Å². The van der Waals surface area contributed by atoms with Gasteiger partial charge in [-0.05, 0) is 24.3 Å². The Hall–Kier alpha value is -2.47. The number of nitrogens with zero attached hydrogens (tertiary/aromatic N) is 3. The summed E-state index contributed by atoms with van der Waals surface area (Å²) < 4.78 is 0. The molecule has 2 aromatic rings. The maximum absolute atomic E-state index is 10.7. The predicted octanol–water partition coefficient (Wildman–Crippen LogP) is 3.09. The molecule has 1 aliphatic rings. The van der Waals surface area contributed by atoms with Crippen molar-refractivity contribution in [3.05, 3.63) is 70.3 Å². The lowest BCUT2D eigenvalue weighted by atomic mass is 10.1. The summed E-state index contributed by atoms with van der Waals surface area (Å²) in [5, 5.41) is 10.7. The minimum atomic E-state index is -0.397. The normalized spacial score (nSPS) is 14.6. The van der Waals surface area contributed by atoms with Gasteiger partial charge in [-0.3, -0.25) is 10.1 Å². The van der Waals surface area contributed by atoms with E-state index in [1.54, 1.807) is 12.1 Å². The second-order valence-electron chi connectivity index (χ2n) is 5.42. The van der Waals surface area contributed by atoms with Gasteiger partial charge >= 0.3 is 0 Å². The fourth-order valence-electron chi connectivity index (χ4n) is 2.71. The van der Waals surface area contributed by atoms with Gasteiger partial charge in [0.15, 0.2) is 0 Å². The Morgan fingerprint density at radius 2 is 1.57 bits per heavy atom. The fraction of sp³-hybridized carbons (Fsp3) is 0.235. The lowest BCUT2D eigenvalue weighted by Crippen LogP contribution is -2.48. The van der Waals surface area contributed by atoms with Crippen molar-refractivity contribution in [1.82, 2.24) is 4.90 Å². The first kappa shape index (κ1) is 15.4. The van der Waals surface area contributed by atoms with Gasteiger partial charge < -0.3 is 9.80 Å². The maximum atomic E-state index is 10.7. The molecule has 0 aliphatic carbocycles. The van der Waals surface area contributed by atoms with Gasteiger partial charge in [0.25, 0.3) is 5.69 Å². The van der Waals surface area contributed by atoms with E-state index in [-0.39, 0.29) is 5.69 Å². The number of anilines is 1. The van der Waals surface area contributed by atoms with E-state index < -0.39 is 4.92 Å². The zero-order chi connectivity index (χ0) is 16.2. The highest BCUT2D eigenvalue weighted by Crippen LogP contribution is 2.18. The first-order valence-electron chi connectivity index (χ1n) is 7.49. The standard InChI is InChI=1S/C17H17N3O2S/c21-20(22)16-8-6-14(7-9-16)17(23)19-12-10-18(11-13-19)15-4-2-1-3-5-15/h1-9H,10-13H2. The van der Waals surface area contributed by atoms with Crippen LogP contribution in [0.3, 0.4) is 0 Å². The molecule has 23 heavy (non-hydrogen) atoms. The summed E-state index contributed by atoms with van der Waals surface area (Å²) in [6.45, 7) is 3.53. The molecule has 3 rings (SSSR count). The number of piperazine rings is 1. The van der Waals surface area contributed by atoms with Crippen molar-refractivity contribution in [2.75, 3.05) is 31.1 Å². The summed E-state index contributed by atoms with van der Waals surface area (Å²) in [7, 11) is 0. The predicted molar refractivity (Wildman–Crippen MR) is 95.0 cm³/mol. The largest absolute Gasteiger partial charge is 0.368 e. The molecule has 0 amide bonds. The van der Waals surface area contributed by atoms with Crippen LogP contribution in [-0.2, 0) is 0 Å². The van der Waals surface area contributed by atoms with E-state index in [1.807, 2.05) is 18.2 Å². The molecule has 1 aliphatic heterocycles. The van der Waals surface area contributed by atoms with Gasteiger partial charge in [0.2, 0.25) is 0 Å². The third-order valence-electron chi connectivity index (χ3n) is 4.01. The quantitative estimate of drug-likeness (QED) is 0.492. The third kappa shape index (κ3) is 3.48. The number of rotatable bonds is 3. The molecule has 0 radical (unpaired) electrons. The van der Waals surface area contributed by atoms with Gasteiger partial charge in [-0.25, -0.2) is 0 Å². The monoisotopic (exact) mass is 327 g/mol. The molecule has 6 heteroatoms. The average molecular weight is 327 g/mol. The molecule has 5 nitrogen and oxygen atoms in total. The molecular formula is C17H17N3O2S. The minimum Gasteiger partial charge on any atom is -0.368 e. The number of benzene rings is 2. The number of para-hydroxylation sites is 1. The van der Waals surface area contributed by atoms with Crippen LogP contribution in [-0.4, -0.2) is 41.0 Å². The molecule has 1 heterocycles. The maximum Gasteiger partial charge on any atom is 0.269 e. The Labute approximate surface area is 140 Å². The molecule has 1 fully saturated rings. The number of thiocarbonyl (C=S) groups is 1. The highest BCUT2D eigenvalue weighted by Gasteiger charge is 2.20. The highest BCUT2D eigenvalue weighted by molar-refractivity contribution is 7.80. The third-order valence-corrected chi connectivity index (χ3v) is 4.51. The van der Waals surface area contributed by atoms with E-state index in [1.165, 1.54) is 17.8 Å². The first-order valence-corrected chi connectivity index (χ1v) is 7.90. The number of nitro groups is 1. The van der Waals surface area contributed by atoms with Crippen LogP contribution in [0.4, 0.5) is 11.4 Å². The molecule has 0 spiro atoms. The van der Waals surface area contributed by atoms with Crippen LogP contribution in [0.2, 0.25) is 0 Å². The SMILES string of the molecule is O=[N+]([O-])c1ccc(C(=S)N2CCN(c3ccccc3)CC2)cc1. The van der Waals surface area contributed by atoms with Crippen molar-refractivity contribution in [2.45, 2.75) is 0 Å². The Balaban J connectivity index is 1.63. The number of non-ortho nitro benzene ring substituents is 1. The summed E-state index contributed by atoms with van der Waals surface area (Å²) in [4.78, 5) is 15.6. The number of hydrogen-bond donors (Lipinski definition) is 0. The Kier molecular flexibility index (Phi) is 4.52. The molecule has 0 saturated carbocycles. The van der Waals surface area contributed by atoms with Crippen LogP contribution >= 0.6 is 12.2 Å². The molecule has 0 atom stereocenters. The van der Waals surface area contributed by atoms with Crippen molar-refractivity contribution < 1.29 is 4.92 Å². The van der Waals surface area contributed by atoms with Crippen molar-refractivity contribution in [2.24, 2.45) is 0 Å². The van der Waals surface area contributed by atoms with Gasteiger partial charge in [0.1, 0.15) is 4.99 Å². The summed E-state index contributed by atoms with van der Waals surface area (Å²) in [5.41, 5.74) is 2.18. The Morgan fingerprint density at radius 3 is 2.13 bits per heavy atom. The zero-order valence-corrected chi connectivity index (χ0v) is 13.4. The van der Waals surface area contributed by atoms with E-state index >= 15 is 0 Å². The van der Waals surface area contributed by atoms with Crippen LogP contribution in [0.25, 0.3) is 0 Å². The van der Waals surface area contributed by atoms with E-state index in [2.05, 4.69) is 21.9 Å². The number of nitro benzene ring substituents is 1. The van der Waals surface area contributed by atoms with E-state index in [9.17, 15) is 10.1 Å². The molecule has 1 saturated heterocycles. The smallest absolute Gasteiger partial charge is 0.269 e. The average Bonchev–Trinajstić information content (AvgIpc) is 2.62. The second-order valence-corrected chi connectivity index (χ2v) is 5.81. The Morgan fingerprint density at radius 1 is 0.957 bits per heavy atom. The number of hydrogen-bond acceptors (Lipinski definition) is 4. The van der Waals surface area contributed by atoms with Gasteiger partial charge in [-0.15, -0.1) is 0 Å². The van der Waals surface area contributed by atoms with Crippen LogP contribution in [0.15, 0.2) is 54.6 Å². The molecule has 2 aromatic carbocycles. The summed E-state index contributed by atoms with van der Waals surface area (Å²) in [5.74, 6) is 0. The molecule has 0 N–H and O–H groups in total. The summed E-state index contributed by atoms with van der Waals surface area (Å²) in [6, 6.07) is 16.8. The van der Waals surface area contributed by atoms with Crippen LogP contribution < -0.4 is 4.90 Å². The van der Waals surface area contributed by atoms with E-state index in [0.717, 1.165) is 36.7 Å². The molecule has 0 bridgehead atoms. The molecule has 0 aromatic heterocycles. The van der Waals surface area contributed by atoms with Crippen molar-refractivity contribution >= 4 is 28.6 Å². The van der Waals surface area contributed by atoms with Crippen molar-refractivity contribution in [3.63, 3.8) is 0 Å². The molecular weight excluding hydrogens is 310 g/mol. The highest BCUT2D eigenvalue weighted by atomic mass is 32.1. The minimum absolute atomic E-state index is 0.0884.